The van der Waals surface area contributed by atoms with Crippen LogP contribution in [0.2, 0.25) is 0 Å². The fourth-order valence-corrected chi connectivity index (χ4v) is 1.50. The fourth-order valence-electron chi connectivity index (χ4n) is 1.50. The van der Waals surface area contributed by atoms with E-state index in [4.69, 9.17) is 10.8 Å². The van der Waals surface area contributed by atoms with Crippen molar-refractivity contribution in [2.45, 2.75) is 19.5 Å². The number of likely N-dealkylation sites (N-methyl/N-ethyl adjacent to an activating group) is 1. The van der Waals surface area contributed by atoms with Gasteiger partial charge in [0.25, 0.3) is 5.91 Å². The number of primary amides is 1. The van der Waals surface area contributed by atoms with E-state index in [-0.39, 0.29) is 12.5 Å². The SMILES string of the molecule is CC(C(=O)O)N(C)C(=O)c1ccc(CNC(N)=O)cc1. The number of carbonyl (C=O) groups excluding carboxylic acids is 2. The molecule has 1 unspecified atom stereocenters. The van der Waals surface area contributed by atoms with Gasteiger partial charge in [-0.3, -0.25) is 4.79 Å². The average molecular weight is 279 g/mol. The van der Waals surface area contributed by atoms with Crippen LogP contribution in [0.5, 0.6) is 0 Å². The fraction of sp³-hybridized carbons (Fsp3) is 0.308. The molecule has 0 heterocycles. The second-order valence-electron chi connectivity index (χ2n) is 4.34. The molecule has 108 valence electrons. The van der Waals surface area contributed by atoms with Gasteiger partial charge in [0, 0.05) is 19.2 Å². The van der Waals surface area contributed by atoms with Gasteiger partial charge in [-0.2, -0.15) is 0 Å². The van der Waals surface area contributed by atoms with Crippen molar-refractivity contribution in [1.29, 1.82) is 0 Å². The van der Waals surface area contributed by atoms with Crippen LogP contribution < -0.4 is 11.1 Å². The van der Waals surface area contributed by atoms with Gasteiger partial charge in [-0.25, -0.2) is 9.59 Å². The van der Waals surface area contributed by atoms with Crippen LogP contribution in [-0.4, -0.2) is 41.0 Å². The highest BCUT2D eigenvalue weighted by Crippen LogP contribution is 2.09. The quantitative estimate of drug-likeness (QED) is 0.724. The smallest absolute Gasteiger partial charge is 0.326 e. The van der Waals surface area contributed by atoms with Gasteiger partial charge < -0.3 is 21.1 Å². The van der Waals surface area contributed by atoms with E-state index in [2.05, 4.69) is 5.32 Å². The highest BCUT2D eigenvalue weighted by molar-refractivity contribution is 5.96. The molecule has 1 rings (SSSR count). The Morgan fingerprint density at radius 1 is 1.30 bits per heavy atom. The van der Waals surface area contributed by atoms with E-state index >= 15 is 0 Å². The maximum atomic E-state index is 12.0. The van der Waals surface area contributed by atoms with Gasteiger partial charge >= 0.3 is 12.0 Å². The number of carboxylic acids is 1. The lowest BCUT2D eigenvalue weighted by Gasteiger charge is -2.21. The van der Waals surface area contributed by atoms with E-state index in [9.17, 15) is 14.4 Å². The van der Waals surface area contributed by atoms with Gasteiger partial charge in [-0.05, 0) is 24.6 Å². The average Bonchev–Trinajstić information content (AvgIpc) is 2.43. The number of urea groups is 1. The second-order valence-corrected chi connectivity index (χ2v) is 4.34. The van der Waals surface area contributed by atoms with Gasteiger partial charge in [0.2, 0.25) is 0 Å². The summed E-state index contributed by atoms with van der Waals surface area (Å²) in [6.45, 7) is 1.70. The van der Waals surface area contributed by atoms with E-state index < -0.39 is 18.0 Å². The summed E-state index contributed by atoms with van der Waals surface area (Å²) >= 11 is 0. The lowest BCUT2D eigenvalue weighted by molar-refractivity contribution is -0.141. The molecule has 1 aromatic carbocycles. The van der Waals surface area contributed by atoms with Crippen molar-refractivity contribution in [3.05, 3.63) is 35.4 Å². The molecular weight excluding hydrogens is 262 g/mol. The minimum atomic E-state index is -1.07. The Balaban J connectivity index is 2.75. The summed E-state index contributed by atoms with van der Waals surface area (Å²) in [5.41, 5.74) is 6.12. The number of carboxylic acid groups (broad SMARTS) is 1. The minimum absolute atomic E-state index is 0.269. The van der Waals surface area contributed by atoms with Gasteiger partial charge in [0.15, 0.2) is 0 Å². The van der Waals surface area contributed by atoms with Gasteiger partial charge in [-0.15, -0.1) is 0 Å². The zero-order chi connectivity index (χ0) is 15.3. The molecule has 4 N–H and O–H groups in total. The first-order valence-electron chi connectivity index (χ1n) is 5.95. The molecule has 0 aliphatic carbocycles. The summed E-state index contributed by atoms with van der Waals surface area (Å²) in [6.07, 6.45) is 0. The number of benzene rings is 1. The number of nitrogens with zero attached hydrogens (tertiary/aromatic N) is 1. The van der Waals surface area contributed by atoms with Crippen LogP contribution in [0.1, 0.15) is 22.8 Å². The Bertz CT molecular complexity index is 513. The number of hydrogen-bond donors (Lipinski definition) is 3. The number of aliphatic carboxylic acids is 1. The Hall–Kier alpha value is -2.57. The van der Waals surface area contributed by atoms with Crippen LogP contribution in [0.25, 0.3) is 0 Å². The molecule has 0 spiro atoms. The standard InChI is InChI=1S/C13H17N3O4/c1-8(12(18)19)16(2)11(17)10-5-3-9(4-6-10)7-15-13(14)20/h3-6,8H,7H2,1-2H3,(H,18,19)(H3,14,15,20). The molecule has 20 heavy (non-hydrogen) atoms. The molecule has 0 saturated heterocycles. The van der Waals surface area contributed by atoms with Crippen molar-refractivity contribution >= 4 is 17.9 Å². The number of nitrogens with one attached hydrogen (secondary N) is 1. The molecule has 0 aliphatic rings. The van der Waals surface area contributed by atoms with Crippen molar-refractivity contribution in [1.82, 2.24) is 10.2 Å². The van der Waals surface area contributed by atoms with Gasteiger partial charge in [0.05, 0.1) is 0 Å². The maximum Gasteiger partial charge on any atom is 0.326 e. The summed E-state index contributed by atoms with van der Waals surface area (Å²) in [6, 6.07) is 4.96. The Morgan fingerprint density at radius 2 is 1.85 bits per heavy atom. The zero-order valence-corrected chi connectivity index (χ0v) is 11.3. The predicted octanol–water partition coefficient (Wildman–Crippen LogP) is 0.400. The molecule has 0 radical (unpaired) electrons. The van der Waals surface area contributed by atoms with Gasteiger partial charge in [-0.1, -0.05) is 12.1 Å². The monoisotopic (exact) mass is 279 g/mol. The maximum absolute atomic E-state index is 12.0. The summed E-state index contributed by atoms with van der Waals surface area (Å²) < 4.78 is 0. The second kappa shape index (κ2) is 6.55. The van der Waals surface area contributed by atoms with Crippen LogP contribution in [0, 0.1) is 0 Å². The van der Waals surface area contributed by atoms with Crippen LogP contribution in [0.3, 0.4) is 0 Å². The van der Waals surface area contributed by atoms with Crippen molar-refractivity contribution in [3.8, 4) is 0 Å². The van der Waals surface area contributed by atoms with Crippen LogP contribution in [0.15, 0.2) is 24.3 Å². The molecule has 0 aromatic heterocycles. The Morgan fingerprint density at radius 3 is 2.30 bits per heavy atom. The van der Waals surface area contributed by atoms with Crippen LogP contribution in [0.4, 0.5) is 4.79 Å². The topological polar surface area (TPSA) is 113 Å². The summed E-state index contributed by atoms with van der Waals surface area (Å²) in [5, 5.41) is 11.3. The first-order valence-corrected chi connectivity index (χ1v) is 5.95. The zero-order valence-electron chi connectivity index (χ0n) is 11.3. The third-order valence-corrected chi connectivity index (χ3v) is 2.93. The molecule has 0 saturated carbocycles. The van der Waals surface area contributed by atoms with E-state index in [1.165, 1.54) is 14.0 Å². The third kappa shape index (κ3) is 3.98. The molecule has 1 atom stereocenters. The van der Waals surface area contributed by atoms with Crippen molar-refractivity contribution in [2.75, 3.05) is 7.05 Å². The largest absolute Gasteiger partial charge is 0.480 e. The van der Waals surface area contributed by atoms with E-state index in [0.29, 0.717) is 5.56 Å². The van der Waals surface area contributed by atoms with E-state index in [1.54, 1.807) is 24.3 Å². The van der Waals surface area contributed by atoms with Gasteiger partial charge in [0.1, 0.15) is 6.04 Å². The Kier molecular flexibility index (Phi) is 5.08. The lowest BCUT2D eigenvalue weighted by atomic mass is 10.1. The first kappa shape index (κ1) is 15.5. The number of rotatable bonds is 5. The van der Waals surface area contributed by atoms with E-state index in [0.717, 1.165) is 10.5 Å². The highest BCUT2D eigenvalue weighted by atomic mass is 16.4. The Labute approximate surface area is 116 Å². The predicted molar refractivity (Wildman–Crippen MR) is 72.1 cm³/mol. The molecule has 0 bridgehead atoms. The van der Waals surface area contributed by atoms with E-state index in [1.807, 2.05) is 0 Å². The van der Waals surface area contributed by atoms with Crippen molar-refractivity contribution in [2.24, 2.45) is 5.73 Å². The molecule has 7 nitrogen and oxygen atoms in total. The molecule has 7 heteroatoms. The van der Waals surface area contributed by atoms with Crippen molar-refractivity contribution in [3.63, 3.8) is 0 Å². The van der Waals surface area contributed by atoms with Crippen LogP contribution >= 0.6 is 0 Å². The normalized spacial score (nSPS) is 11.5. The summed E-state index contributed by atoms with van der Waals surface area (Å²) in [4.78, 5) is 34.6. The van der Waals surface area contributed by atoms with Crippen LogP contribution in [-0.2, 0) is 11.3 Å². The first-order chi connectivity index (χ1) is 9.32. The highest BCUT2D eigenvalue weighted by Gasteiger charge is 2.22. The molecule has 3 amide bonds. The third-order valence-electron chi connectivity index (χ3n) is 2.93. The number of carbonyl (C=O) groups is 3. The minimum Gasteiger partial charge on any atom is -0.480 e. The molecule has 0 aliphatic heterocycles. The molecule has 0 fully saturated rings. The number of nitrogens with two attached hydrogens (primary N) is 1. The lowest BCUT2D eigenvalue weighted by Crippen LogP contribution is -2.40. The molecular formula is C13H17N3O4. The van der Waals surface area contributed by atoms with Crippen molar-refractivity contribution < 1.29 is 19.5 Å². The molecule has 1 aromatic rings. The summed E-state index contributed by atoms with van der Waals surface area (Å²) in [5.74, 6) is -1.45. The number of amides is 3. The number of hydrogen-bond acceptors (Lipinski definition) is 3. The summed E-state index contributed by atoms with van der Waals surface area (Å²) in [7, 11) is 1.43.